The number of nitrogens with two attached hydrogens (primary N) is 1. The van der Waals surface area contributed by atoms with Crippen LogP contribution in [0.3, 0.4) is 0 Å². The Morgan fingerprint density at radius 1 is 1.28 bits per heavy atom. The lowest BCUT2D eigenvalue weighted by Gasteiger charge is -2.26. The molecule has 0 aliphatic carbocycles. The Hall–Kier alpha value is -2.87. The predicted octanol–water partition coefficient (Wildman–Crippen LogP) is 3.04. The SMILES string of the molecule is CNc1nc(N)nc2c1ncn2[C@@H]1O[C@H](COP(=O)(N[C@@H](C)COC(C)C)Oc2ccccc2)[C@@H](O)[C@@]1(C)F. The summed E-state index contributed by atoms with van der Waals surface area (Å²) in [5.41, 5.74) is 4.09. The number of aliphatic hydroxyl groups excluding tert-OH is 1. The number of hydrogen-bond acceptors (Lipinski definition) is 11. The highest BCUT2D eigenvalue weighted by atomic mass is 31.2. The van der Waals surface area contributed by atoms with Crippen LogP contribution in [-0.4, -0.2) is 74.9 Å². The molecule has 6 atom stereocenters. The van der Waals surface area contributed by atoms with Crippen molar-refractivity contribution < 1.29 is 32.6 Å². The van der Waals surface area contributed by atoms with Gasteiger partial charge in [0.25, 0.3) is 0 Å². The Balaban J connectivity index is 1.54. The van der Waals surface area contributed by atoms with Gasteiger partial charge in [-0.15, -0.1) is 0 Å². The van der Waals surface area contributed by atoms with Crippen LogP contribution in [0.15, 0.2) is 36.7 Å². The molecule has 1 aromatic carbocycles. The van der Waals surface area contributed by atoms with Crippen molar-refractivity contribution in [2.24, 2.45) is 0 Å². The third-order valence-corrected chi connectivity index (χ3v) is 7.78. The summed E-state index contributed by atoms with van der Waals surface area (Å²) in [6.45, 7) is 6.52. The number of benzene rings is 1. The van der Waals surface area contributed by atoms with E-state index in [1.165, 1.54) is 17.8 Å². The minimum absolute atomic E-state index is 0.0325. The molecule has 0 bridgehead atoms. The smallest absolute Gasteiger partial charge is 0.413 e. The van der Waals surface area contributed by atoms with Gasteiger partial charge in [-0.3, -0.25) is 9.09 Å². The molecule has 214 valence electrons. The Labute approximate surface area is 225 Å². The summed E-state index contributed by atoms with van der Waals surface area (Å²) < 4.78 is 53.9. The van der Waals surface area contributed by atoms with Crippen molar-refractivity contribution >= 4 is 30.7 Å². The monoisotopic (exact) mass is 567 g/mol. The maximum atomic E-state index is 15.9. The zero-order valence-electron chi connectivity index (χ0n) is 22.4. The molecule has 1 unspecified atom stereocenters. The maximum Gasteiger partial charge on any atom is 0.459 e. The standard InChI is InChI=1S/C24H35FN7O6P/c1-14(2)35-11-15(3)31-39(34,38-16-9-7-6-8-10-16)36-12-17-19(33)24(4,25)22(37-17)32-13-28-18-20(27-5)29-23(26)30-21(18)32/h6-10,13-15,17,19,22,33H,11-12H2,1-5H3,(H,31,34)(H3,26,27,29,30)/t15-,17+,19+,22+,24+,39?/m0/s1. The van der Waals surface area contributed by atoms with Gasteiger partial charge >= 0.3 is 7.75 Å². The normalized spacial score (nSPS) is 25.6. The second-order valence-electron chi connectivity index (χ2n) is 9.74. The summed E-state index contributed by atoms with van der Waals surface area (Å²) in [5.74, 6) is 0.609. The van der Waals surface area contributed by atoms with Crippen LogP contribution in [0.2, 0.25) is 0 Å². The van der Waals surface area contributed by atoms with E-state index in [9.17, 15) is 9.67 Å². The van der Waals surface area contributed by atoms with Crippen LogP contribution >= 0.6 is 7.75 Å². The molecule has 15 heteroatoms. The van der Waals surface area contributed by atoms with Crippen molar-refractivity contribution in [2.75, 3.05) is 31.3 Å². The number of fused-ring (bicyclic) bond motifs is 1. The number of hydrogen-bond donors (Lipinski definition) is 4. The summed E-state index contributed by atoms with van der Waals surface area (Å²) in [6, 6.07) is 8.06. The number of nitrogens with zero attached hydrogens (tertiary/aromatic N) is 4. The van der Waals surface area contributed by atoms with Crippen LogP contribution in [0.5, 0.6) is 5.75 Å². The van der Waals surface area contributed by atoms with Gasteiger partial charge in [0.05, 0.1) is 25.6 Å². The van der Waals surface area contributed by atoms with Crippen LogP contribution in [0.4, 0.5) is 16.2 Å². The van der Waals surface area contributed by atoms with Crippen molar-refractivity contribution in [1.29, 1.82) is 0 Å². The number of aromatic nitrogens is 4. The van der Waals surface area contributed by atoms with Crippen molar-refractivity contribution in [1.82, 2.24) is 24.6 Å². The minimum atomic E-state index is -4.02. The van der Waals surface area contributed by atoms with E-state index < -0.39 is 44.5 Å². The second-order valence-corrected chi connectivity index (χ2v) is 11.4. The van der Waals surface area contributed by atoms with Crippen LogP contribution in [0.25, 0.3) is 11.2 Å². The molecule has 0 saturated carbocycles. The van der Waals surface area contributed by atoms with E-state index in [0.717, 1.165) is 0 Å². The first-order valence-corrected chi connectivity index (χ1v) is 14.1. The Morgan fingerprint density at radius 3 is 2.67 bits per heavy atom. The topological polar surface area (TPSA) is 168 Å². The lowest BCUT2D eigenvalue weighted by molar-refractivity contribution is -0.0548. The fourth-order valence-electron chi connectivity index (χ4n) is 4.16. The van der Waals surface area contributed by atoms with Crippen LogP contribution in [-0.2, 0) is 18.6 Å². The average Bonchev–Trinajstić information content (AvgIpc) is 3.39. The lowest BCUT2D eigenvalue weighted by atomic mass is 9.98. The van der Waals surface area contributed by atoms with Crippen molar-refractivity contribution in [3.8, 4) is 5.75 Å². The molecule has 1 aliphatic rings. The number of nitrogens with one attached hydrogen (secondary N) is 2. The molecule has 1 aliphatic heterocycles. The summed E-state index contributed by atoms with van der Waals surface area (Å²) >= 11 is 0. The largest absolute Gasteiger partial charge is 0.459 e. The van der Waals surface area contributed by atoms with Gasteiger partial charge < -0.3 is 30.2 Å². The predicted molar refractivity (Wildman–Crippen MR) is 143 cm³/mol. The molecule has 5 N–H and O–H groups in total. The number of halogens is 1. The van der Waals surface area contributed by atoms with Crippen LogP contribution < -0.4 is 20.7 Å². The van der Waals surface area contributed by atoms with Gasteiger partial charge in [-0.2, -0.15) is 9.97 Å². The number of para-hydroxylation sites is 1. The number of aliphatic hydroxyl groups is 1. The first-order valence-electron chi connectivity index (χ1n) is 12.5. The molecule has 2 aromatic heterocycles. The van der Waals surface area contributed by atoms with Gasteiger partial charge in [0.1, 0.15) is 18.0 Å². The van der Waals surface area contributed by atoms with Gasteiger partial charge in [0.15, 0.2) is 28.9 Å². The number of imidazole rings is 1. The molecule has 0 radical (unpaired) electrons. The molecule has 3 heterocycles. The molecule has 39 heavy (non-hydrogen) atoms. The summed E-state index contributed by atoms with van der Waals surface area (Å²) in [7, 11) is -2.38. The highest BCUT2D eigenvalue weighted by molar-refractivity contribution is 7.52. The molecule has 3 aromatic rings. The Kier molecular flexibility index (Phi) is 8.74. The molecular weight excluding hydrogens is 532 g/mol. The van der Waals surface area contributed by atoms with Crippen molar-refractivity contribution in [3.63, 3.8) is 0 Å². The van der Waals surface area contributed by atoms with Gasteiger partial charge in [-0.25, -0.2) is 19.0 Å². The molecule has 4 rings (SSSR count). The minimum Gasteiger partial charge on any atom is -0.413 e. The number of alkyl halides is 1. The molecule has 1 saturated heterocycles. The van der Waals surface area contributed by atoms with Crippen molar-refractivity contribution in [3.05, 3.63) is 36.7 Å². The van der Waals surface area contributed by atoms with Crippen LogP contribution in [0, 0.1) is 0 Å². The third kappa shape index (κ3) is 6.48. The number of ether oxygens (including phenoxy) is 2. The van der Waals surface area contributed by atoms with E-state index in [1.54, 1.807) is 44.3 Å². The van der Waals surface area contributed by atoms with Crippen molar-refractivity contribution in [2.45, 2.75) is 63.9 Å². The number of rotatable bonds is 12. The van der Waals surface area contributed by atoms with E-state index in [2.05, 4.69) is 25.4 Å². The van der Waals surface area contributed by atoms with E-state index in [4.69, 9.17) is 24.3 Å². The Bertz CT molecular complexity index is 1310. The highest BCUT2D eigenvalue weighted by Crippen LogP contribution is 2.48. The summed E-state index contributed by atoms with van der Waals surface area (Å²) in [5, 5.41) is 16.6. The molecule has 13 nitrogen and oxygen atoms in total. The van der Waals surface area contributed by atoms with Crippen LogP contribution in [0.1, 0.15) is 33.9 Å². The lowest BCUT2D eigenvalue weighted by Crippen LogP contribution is -2.41. The molecule has 0 amide bonds. The highest BCUT2D eigenvalue weighted by Gasteiger charge is 2.56. The van der Waals surface area contributed by atoms with Gasteiger partial charge in [-0.05, 0) is 39.8 Å². The summed E-state index contributed by atoms with van der Waals surface area (Å²) in [6.07, 6.45) is -2.89. The van der Waals surface area contributed by atoms with Gasteiger partial charge in [0.2, 0.25) is 5.95 Å². The average molecular weight is 568 g/mol. The first-order chi connectivity index (χ1) is 18.4. The van der Waals surface area contributed by atoms with E-state index in [-0.39, 0.29) is 24.3 Å². The maximum absolute atomic E-state index is 15.9. The molecule has 1 fully saturated rings. The number of anilines is 2. The second kappa shape index (κ2) is 11.7. The quantitative estimate of drug-likeness (QED) is 0.237. The zero-order chi connectivity index (χ0) is 28.4. The molecular formula is C24H35FN7O6P. The van der Waals surface area contributed by atoms with Gasteiger partial charge in [0, 0.05) is 13.1 Å². The van der Waals surface area contributed by atoms with E-state index >= 15 is 4.39 Å². The molecule has 0 spiro atoms. The zero-order valence-corrected chi connectivity index (χ0v) is 23.3. The first kappa shape index (κ1) is 29.1. The fraction of sp³-hybridized carbons (Fsp3) is 0.542. The Morgan fingerprint density at radius 2 is 2.00 bits per heavy atom. The summed E-state index contributed by atoms with van der Waals surface area (Å²) in [4.78, 5) is 12.5. The van der Waals surface area contributed by atoms with E-state index in [0.29, 0.717) is 17.1 Å². The van der Waals surface area contributed by atoms with E-state index in [1.807, 2.05) is 13.8 Å². The van der Waals surface area contributed by atoms with Gasteiger partial charge in [-0.1, -0.05) is 18.2 Å². The fourth-order valence-corrected chi connectivity index (χ4v) is 5.69. The third-order valence-electron chi connectivity index (χ3n) is 6.08. The number of nitrogen functional groups attached to an aromatic ring is 1.